The molecule has 5 rings (SSSR count). The van der Waals surface area contributed by atoms with Crippen LogP contribution >= 0.6 is 11.8 Å². The van der Waals surface area contributed by atoms with E-state index in [1.54, 1.807) is 11.8 Å². The molecule has 0 amide bonds. The van der Waals surface area contributed by atoms with Crippen LogP contribution in [0.2, 0.25) is 0 Å². The van der Waals surface area contributed by atoms with Gasteiger partial charge >= 0.3 is 5.97 Å². The fourth-order valence-electron chi connectivity index (χ4n) is 4.89. The quantitative estimate of drug-likeness (QED) is 0.195. The van der Waals surface area contributed by atoms with Crippen LogP contribution in [0.25, 0.3) is 21.7 Å². The van der Waals surface area contributed by atoms with Crippen molar-refractivity contribution in [1.82, 2.24) is 9.97 Å². The number of hydrogen-bond acceptors (Lipinski definition) is 4. The Balaban J connectivity index is 1.55. The first-order valence-corrected chi connectivity index (χ1v) is 14.0. The second-order valence-electron chi connectivity index (χ2n) is 11.1. The highest BCUT2D eigenvalue weighted by molar-refractivity contribution is 8.00. The van der Waals surface area contributed by atoms with E-state index in [0.717, 1.165) is 60.4 Å². The monoisotopic (exact) mass is 538 g/mol. The molecule has 0 fully saturated rings. The van der Waals surface area contributed by atoms with E-state index >= 15 is 0 Å². The summed E-state index contributed by atoms with van der Waals surface area (Å²) in [5.41, 5.74) is 5.62. The fraction of sp³-hybridized carbons (Fsp3) is 0.273. The number of rotatable bonds is 8. The number of pyridine rings is 1. The summed E-state index contributed by atoms with van der Waals surface area (Å²) in [6, 6.07) is 22.3. The standard InChI is InChI=1S/C33H34N2O3S/c1-20-10-13-25(34-18-20)19-38-28-15-14-27-29(21(28)2)31(39-33(3,4)5)30(35-27)26(32(36)37)17-22-11-12-23-8-6-7-9-24(23)16-22/h6-16,18,26,35H,17,19H2,1-5H3,(H,36,37). The molecule has 0 aliphatic rings. The number of carboxylic acid groups (broad SMARTS) is 1. The number of H-pyrrole nitrogens is 1. The van der Waals surface area contributed by atoms with Crippen molar-refractivity contribution in [1.29, 1.82) is 0 Å². The van der Waals surface area contributed by atoms with E-state index in [2.05, 4.69) is 55.0 Å². The minimum Gasteiger partial charge on any atom is -0.487 e. The highest BCUT2D eigenvalue weighted by Gasteiger charge is 2.30. The van der Waals surface area contributed by atoms with Crippen molar-refractivity contribution in [2.45, 2.75) is 63.2 Å². The number of aromatic amines is 1. The van der Waals surface area contributed by atoms with Crippen molar-refractivity contribution in [3.8, 4) is 5.75 Å². The lowest BCUT2D eigenvalue weighted by molar-refractivity contribution is -0.138. The molecule has 0 aliphatic carbocycles. The molecule has 2 aromatic heterocycles. The number of nitrogens with zero attached hydrogens (tertiary/aromatic N) is 1. The van der Waals surface area contributed by atoms with Gasteiger partial charge in [0.05, 0.1) is 5.69 Å². The first kappa shape index (κ1) is 26.8. The van der Waals surface area contributed by atoms with E-state index in [1.165, 1.54) is 0 Å². The Morgan fingerprint density at radius 2 is 1.79 bits per heavy atom. The third-order valence-corrected chi connectivity index (χ3v) is 8.05. The minimum atomic E-state index is -0.843. The highest BCUT2D eigenvalue weighted by atomic mass is 32.2. The average molecular weight is 539 g/mol. The Bertz CT molecular complexity index is 1650. The smallest absolute Gasteiger partial charge is 0.312 e. The maximum atomic E-state index is 12.7. The molecule has 0 radical (unpaired) electrons. The van der Waals surface area contributed by atoms with Crippen molar-refractivity contribution < 1.29 is 14.6 Å². The number of carbonyl (C=O) groups is 1. The van der Waals surface area contributed by atoms with E-state index in [9.17, 15) is 9.90 Å². The van der Waals surface area contributed by atoms with Gasteiger partial charge in [-0.1, -0.05) is 69.3 Å². The van der Waals surface area contributed by atoms with Gasteiger partial charge in [0, 0.05) is 38.0 Å². The molecule has 0 spiro atoms. The molecular weight excluding hydrogens is 504 g/mol. The molecule has 3 aromatic carbocycles. The third kappa shape index (κ3) is 5.96. The van der Waals surface area contributed by atoms with Gasteiger partial charge in [0.1, 0.15) is 18.3 Å². The molecule has 39 heavy (non-hydrogen) atoms. The summed E-state index contributed by atoms with van der Waals surface area (Å²) in [4.78, 5) is 21.7. The number of nitrogens with one attached hydrogen (secondary N) is 1. The predicted octanol–water partition coefficient (Wildman–Crippen LogP) is 8.21. The van der Waals surface area contributed by atoms with Crippen molar-refractivity contribution in [3.63, 3.8) is 0 Å². The zero-order valence-electron chi connectivity index (χ0n) is 23.0. The van der Waals surface area contributed by atoms with Crippen molar-refractivity contribution >= 4 is 39.4 Å². The largest absolute Gasteiger partial charge is 0.487 e. The Kier molecular flexibility index (Phi) is 7.41. The van der Waals surface area contributed by atoms with Gasteiger partial charge in [-0.2, -0.15) is 0 Å². The van der Waals surface area contributed by atoms with Gasteiger partial charge in [-0.3, -0.25) is 9.78 Å². The Morgan fingerprint density at radius 3 is 2.49 bits per heavy atom. The normalized spacial score (nSPS) is 12.6. The van der Waals surface area contributed by atoms with Crippen LogP contribution in [-0.4, -0.2) is 25.8 Å². The number of aromatic nitrogens is 2. The molecule has 2 N–H and O–H groups in total. The summed E-state index contributed by atoms with van der Waals surface area (Å²) >= 11 is 1.70. The number of benzene rings is 3. The lowest BCUT2D eigenvalue weighted by Gasteiger charge is -2.21. The Labute approximate surface area is 233 Å². The van der Waals surface area contributed by atoms with Gasteiger partial charge < -0.3 is 14.8 Å². The molecule has 1 unspecified atom stereocenters. The second kappa shape index (κ2) is 10.8. The van der Waals surface area contributed by atoms with Crippen LogP contribution in [0.4, 0.5) is 0 Å². The summed E-state index contributed by atoms with van der Waals surface area (Å²) < 4.78 is 6.09. The van der Waals surface area contributed by atoms with Crippen LogP contribution in [0.5, 0.6) is 5.75 Å². The topological polar surface area (TPSA) is 75.2 Å². The molecule has 5 aromatic rings. The molecule has 2 heterocycles. The van der Waals surface area contributed by atoms with Crippen LogP contribution < -0.4 is 4.74 Å². The van der Waals surface area contributed by atoms with Gasteiger partial charge in [0.25, 0.3) is 0 Å². The molecule has 0 aliphatic heterocycles. The first-order valence-electron chi connectivity index (χ1n) is 13.2. The van der Waals surface area contributed by atoms with Crippen molar-refractivity contribution in [3.05, 3.63) is 101 Å². The average Bonchev–Trinajstić information content (AvgIpc) is 3.24. The minimum absolute atomic E-state index is 0.120. The summed E-state index contributed by atoms with van der Waals surface area (Å²) in [6.07, 6.45) is 2.24. The number of aryl methyl sites for hydroxylation is 2. The zero-order valence-corrected chi connectivity index (χ0v) is 23.9. The van der Waals surface area contributed by atoms with Crippen LogP contribution in [-0.2, 0) is 17.8 Å². The molecule has 6 heteroatoms. The summed E-state index contributed by atoms with van der Waals surface area (Å²) in [5.74, 6) is -0.790. The van der Waals surface area contributed by atoms with E-state index < -0.39 is 11.9 Å². The highest BCUT2D eigenvalue weighted by Crippen LogP contribution is 2.45. The van der Waals surface area contributed by atoms with E-state index in [-0.39, 0.29) is 4.75 Å². The molecule has 0 saturated carbocycles. The summed E-state index contributed by atoms with van der Waals surface area (Å²) in [7, 11) is 0. The zero-order chi connectivity index (χ0) is 27.7. The van der Waals surface area contributed by atoms with Crippen LogP contribution in [0.15, 0.2) is 77.8 Å². The number of aliphatic carboxylic acids is 1. The second-order valence-corrected chi connectivity index (χ2v) is 12.9. The van der Waals surface area contributed by atoms with Gasteiger partial charge in [-0.05, 0) is 60.4 Å². The number of carboxylic acids is 1. The molecule has 0 saturated heterocycles. The molecular formula is C33H34N2O3S. The van der Waals surface area contributed by atoms with Crippen LogP contribution in [0.3, 0.4) is 0 Å². The summed E-state index contributed by atoms with van der Waals surface area (Å²) in [5, 5.41) is 13.7. The lowest BCUT2D eigenvalue weighted by Crippen LogP contribution is -2.17. The Morgan fingerprint density at radius 1 is 1.03 bits per heavy atom. The van der Waals surface area contributed by atoms with Gasteiger partial charge in [0.2, 0.25) is 0 Å². The fourth-order valence-corrected chi connectivity index (χ4v) is 6.17. The van der Waals surface area contributed by atoms with E-state index in [4.69, 9.17) is 4.74 Å². The van der Waals surface area contributed by atoms with Gasteiger partial charge in [0.15, 0.2) is 0 Å². The maximum absolute atomic E-state index is 12.7. The lowest BCUT2D eigenvalue weighted by atomic mass is 9.94. The van der Waals surface area contributed by atoms with Crippen LogP contribution in [0.1, 0.15) is 54.8 Å². The van der Waals surface area contributed by atoms with Gasteiger partial charge in [-0.25, -0.2) is 0 Å². The maximum Gasteiger partial charge on any atom is 0.312 e. The molecule has 200 valence electrons. The van der Waals surface area contributed by atoms with Crippen molar-refractivity contribution in [2.24, 2.45) is 0 Å². The SMILES string of the molecule is Cc1ccc(COc2ccc3[nH]c(C(Cc4ccc5ccccc5c4)C(=O)O)c(SC(C)(C)C)c3c2C)nc1. The predicted molar refractivity (Wildman–Crippen MR) is 160 cm³/mol. The van der Waals surface area contributed by atoms with E-state index in [1.807, 2.05) is 62.5 Å². The first-order chi connectivity index (χ1) is 18.6. The van der Waals surface area contributed by atoms with Crippen LogP contribution in [0, 0.1) is 13.8 Å². The number of fused-ring (bicyclic) bond motifs is 2. The molecule has 0 bridgehead atoms. The Hall–Kier alpha value is -3.77. The molecule has 1 atom stereocenters. The number of hydrogen-bond donors (Lipinski definition) is 2. The summed E-state index contributed by atoms with van der Waals surface area (Å²) in [6.45, 7) is 10.9. The molecule has 5 nitrogen and oxygen atoms in total. The van der Waals surface area contributed by atoms with Gasteiger partial charge in [-0.15, -0.1) is 11.8 Å². The third-order valence-electron chi connectivity index (χ3n) is 6.81. The van der Waals surface area contributed by atoms with E-state index in [0.29, 0.717) is 13.0 Å². The van der Waals surface area contributed by atoms with Crippen molar-refractivity contribution in [2.75, 3.05) is 0 Å². The number of thioether (sulfide) groups is 1. The number of ether oxygens (including phenoxy) is 1.